The van der Waals surface area contributed by atoms with Crippen LogP contribution in [0.1, 0.15) is 87.6 Å². The predicted octanol–water partition coefficient (Wildman–Crippen LogP) is 8.52. The van der Waals surface area contributed by atoms with Crippen molar-refractivity contribution < 1.29 is 13.2 Å². The molecule has 0 radical (unpaired) electrons. The second kappa shape index (κ2) is 13.3. The van der Waals surface area contributed by atoms with Gasteiger partial charge in [0.25, 0.3) is 0 Å². The van der Waals surface area contributed by atoms with Crippen LogP contribution in [0.5, 0.6) is 0 Å². The topological polar surface area (TPSA) is 42.3 Å². The van der Waals surface area contributed by atoms with Crippen molar-refractivity contribution in [3.8, 4) is 6.07 Å². The minimum atomic E-state index is -4.64. The van der Waals surface area contributed by atoms with Gasteiger partial charge in [-0.2, -0.15) is 18.4 Å². The molecule has 1 aliphatic rings. The van der Waals surface area contributed by atoms with E-state index in [0.717, 1.165) is 91.5 Å². The van der Waals surface area contributed by atoms with Crippen LogP contribution in [0.15, 0.2) is 61.1 Å². The van der Waals surface area contributed by atoms with Crippen LogP contribution in [-0.2, 0) is 30.2 Å². The SMILES string of the molecule is C=C1NC(C)(c2ccc(N(C)C)cc2)C(=C)N1CCCCCc1c(CCC)cc(C(C)(C#N)C(F)(F)F)cc1CCC. The number of aryl methyl sites for hydroxylation is 2. The lowest BCUT2D eigenvalue weighted by Gasteiger charge is -2.28. The molecule has 3 rings (SSSR count). The van der Waals surface area contributed by atoms with E-state index in [1.807, 2.05) is 27.9 Å². The van der Waals surface area contributed by atoms with Crippen molar-refractivity contribution in [3.63, 3.8) is 0 Å². The number of hydrogen-bond donors (Lipinski definition) is 1. The number of halogens is 3. The summed E-state index contributed by atoms with van der Waals surface area (Å²) in [5.74, 6) is 0.843. The van der Waals surface area contributed by atoms with Crippen LogP contribution in [-0.4, -0.2) is 31.7 Å². The second-order valence-electron chi connectivity index (χ2n) is 12.1. The third-order valence-corrected chi connectivity index (χ3v) is 8.73. The fourth-order valence-electron chi connectivity index (χ4n) is 5.89. The third-order valence-electron chi connectivity index (χ3n) is 8.73. The van der Waals surface area contributed by atoms with Crippen LogP contribution in [0.25, 0.3) is 0 Å². The Morgan fingerprint density at radius 1 is 0.952 bits per heavy atom. The zero-order valence-corrected chi connectivity index (χ0v) is 26.2. The minimum Gasteiger partial charge on any atom is -0.378 e. The predicted molar refractivity (Wildman–Crippen MR) is 167 cm³/mol. The van der Waals surface area contributed by atoms with Gasteiger partial charge in [0, 0.05) is 32.0 Å². The summed E-state index contributed by atoms with van der Waals surface area (Å²) in [6, 6.07) is 13.3. The molecule has 228 valence electrons. The summed E-state index contributed by atoms with van der Waals surface area (Å²) in [6.45, 7) is 16.7. The summed E-state index contributed by atoms with van der Waals surface area (Å²) in [7, 11) is 4.05. The summed E-state index contributed by atoms with van der Waals surface area (Å²) < 4.78 is 41.8. The van der Waals surface area contributed by atoms with Crippen molar-refractivity contribution in [2.24, 2.45) is 0 Å². The van der Waals surface area contributed by atoms with E-state index in [-0.39, 0.29) is 5.56 Å². The average molecular weight is 581 g/mol. The van der Waals surface area contributed by atoms with Gasteiger partial charge in [-0.05, 0) is 85.9 Å². The lowest BCUT2D eigenvalue weighted by molar-refractivity contribution is -0.168. The first kappa shape index (κ1) is 33.1. The van der Waals surface area contributed by atoms with Gasteiger partial charge in [-0.1, -0.05) is 70.5 Å². The molecule has 0 aromatic heterocycles. The summed E-state index contributed by atoms with van der Waals surface area (Å²) in [6.07, 6.45) is 2.10. The van der Waals surface area contributed by atoms with Crippen molar-refractivity contribution in [1.29, 1.82) is 5.26 Å². The molecule has 0 aliphatic carbocycles. The van der Waals surface area contributed by atoms with E-state index in [9.17, 15) is 18.4 Å². The standard InChI is InChI=1S/C35H47F3N4/c1-9-14-27-22-30(33(5,24-39)35(36,37)38)23-28(15-10-2)32(27)16-12-11-13-21-42-25(3)34(6,40-26(42)4)29-17-19-31(20-18-29)41(7)8/h17-20,22-23,40H,3-4,9-16,21H2,1-2,5-8H3. The maximum absolute atomic E-state index is 13.9. The van der Waals surface area contributed by atoms with E-state index in [4.69, 9.17) is 0 Å². The summed E-state index contributed by atoms with van der Waals surface area (Å²) in [4.78, 5) is 4.24. The summed E-state index contributed by atoms with van der Waals surface area (Å²) in [5, 5.41) is 13.1. The van der Waals surface area contributed by atoms with Crippen LogP contribution < -0.4 is 10.2 Å². The van der Waals surface area contributed by atoms with Crippen LogP contribution in [0.3, 0.4) is 0 Å². The number of nitrogens with zero attached hydrogens (tertiary/aromatic N) is 3. The Morgan fingerprint density at radius 2 is 1.52 bits per heavy atom. The van der Waals surface area contributed by atoms with Gasteiger partial charge in [0.05, 0.1) is 11.9 Å². The van der Waals surface area contributed by atoms with Gasteiger partial charge in [0.1, 0.15) is 5.54 Å². The quantitative estimate of drug-likeness (QED) is 0.241. The Balaban J connectivity index is 1.70. The Hall–Kier alpha value is -3.40. The van der Waals surface area contributed by atoms with Gasteiger partial charge in [-0.15, -0.1) is 0 Å². The molecule has 1 saturated heterocycles. The smallest absolute Gasteiger partial charge is 0.378 e. The number of unbranched alkanes of at least 4 members (excludes halogenated alkanes) is 2. The molecule has 2 unspecified atom stereocenters. The molecule has 0 saturated carbocycles. The van der Waals surface area contributed by atoms with Gasteiger partial charge in [0.2, 0.25) is 0 Å². The highest BCUT2D eigenvalue weighted by Crippen LogP contribution is 2.42. The molecule has 1 heterocycles. The van der Waals surface area contributed by atoms with E-state index in [1.54, 1.807) is 18.2 Å². The van der Waals surface area contributed by atoms with Crippen molar-refractivity contribution >= 4 is 5.69 Å². The molecular weight excluding hydrogens is 533 g/mol. The van der Waals surface area contributed by atoms with E-state index < -0.39 is 17.1 Å². The normalized spacial score (nSPS) is 18.5. The lowest BCUT2D eigenvalue weighted by atomic mass is 9.78. The monoisotopic (exact) mass is 580 g/mol. The van der Waals surface area contributed by atoms with Crippen LogP contribution in [0.2, 0.25) is 0 Å². The molecule has 1 fully saturated rings. The molecule has 42 heavy (non-hydrogen) atoms. The minimum absolute atomic E-state index is 0.0612. The van der Waals surface area contributed by atoms with E-state index in [1.165, 1.54) is 0 Å². The van der Waals surface area contributed by atoms with E-state index in [0.29, 0.717) is 12.8 Å². The number of nitrogens with one attached hydrogen (secondary N) is 1. The zero-order valence-electron chi connectivity index (χ0n) is 26.2. The van der Waals surface area contributed by atoms with Gasteiger partial charge >= 0.3 is 6.18 Å². The van der Waals surface area contributed by atoms with Gasteiger partial charge in [-0.25, -0.2) is 0 Å². The first-order valence-electron chi connectivity index (χ1n) is 15.1. The van der Waals surface area contributed by atoms with Crippen molar-refractivity contribution in [2.45, 2.75) is 96.2 Å². The van der Waals surface area contributed by atoms with Gasteiger partial charge in [0.15, 0.2) is 5.41 Å². The maximum Gasteiger partial charge on any atom is 0.410 e. The van der Waals surface area contributed by atoms with Crippen LogP contribution in [0.4, 0.5) is 18.9 Å². The molecule has 1 aliphatic heterocycles. The van der Waals surface area contributed by atoms with E-state index >= 15 is 0 Å². The maximum atomic E-state index is 13.9. The van der Waals surface area contributed by atoms with Crippen molar-refractivity contribution in [2.75, 3.05) is 25.5 Å². The fourth-order valence-corrected chi connectivity index (χ4v) is 5.89. The third kappa shape index (κ3) is 6.64. The highest BCUT2D eigenvalue weighted by atomic mass is 19.4. The Kier molecular flexibility index (Phi) is 10.5. The molecule has 2 atom stereocenters. The number of nitriles is 1. The molecule has 0 amide bonds. The van der Waals surface area contributed by atoms with E-state index in [2.05, 4.69) is 59.5 Å². The lowest BCUT2D eigenvalue weighted by Crippen LogP contribution is -2.38. The first-order valence-corrected chi connectivity index (χ1v) is 15.1. The second-order valence-corrected chi connectivity index (χ2v) is 12.1. The molecule has 0 bridgehead atoms. The summed E-state index contributed by atoms with van der Waals surface area (Å²) >= 11 is 0. The number of alkyl halides is 3. The number of anilines is 1. The Morgan fingerprint density at radius 3 is 2.00 bits per heavy atom. The zero-order chi connectivity index (χ0) is 31.3. The van der Waals surface area contributed by atoms with Crippen molar-refractivity contribution in [1.82, 2.24) is 10.2 Å². The van der Waals surface area contributed by atoms with Gasteiger partial charge < -0.3 is 15.1 Å². The fraction of sp³-hybridized carbons (Fsp3) is 0.514. The van der Waals surface area contributed by atoms with Crippen molar-refractivity contribution in [3.05, 3.63) is 88.9 Å². The molecule has 2 aromatic rings. The molecule has 7 heteroatoms. The molecular formula is C35H47F3N4. The van der Waals surface area contributed by atoms with Crippen LogP contribution >= 0.6 is 0 Å². The Bertz CT molecular complexity index is 1280. The highest BCUT2D eigenvalue weighted by molar-refractivity contribution is 5.50. The molecule has 4 nitrogen and oxygen atoms in total. The number of rotatable bonds is 13. The molecule has 2 aromatic carbocycles. The van der Waals surface area contributed by atoms with Crippen LogP contribution in [0, 0.1) is 11.3 Å². The first-order chi connectivity index (χ1) is 19.7. The average Bonchev–Trinajstić information content (AvgIpc) is 3.16. The Labute approximate surface area is 250 Å². The largest absolute Gasteiger partial charge is 0.410 e. The number of benzene rings is 2. The highest BCUT2D eigenvalue weighted by Gasteiger charge is 2.53. The summed E-state index contributed by atoms with van der Waals surface area (Å²) in [5.41, 5.74) is 3.42. The molecule has 1 N–H and O–H groups in total. The molecule has 0 spiro atoms. The number of hydrogen-bond acceptors (Lipinski definition) is 4. The van der Waals surface area contributed by atoms with Gasteiger partial charge in [-0.3, -0.25) is 0 Å².